The summed E-state index contributed by atoms with van der Waals surface area (Å²) in [4.78, 5) is 1.61. The van der Waals surface area contributed by atoms with Crippen molar-refractivity contribution in [3.8, 4) is 0 Å². The van der Waals surface area contributed by atoms with Gasteiger partial charge in [-0.3, -0.25) is 0 Å². The summed E-state index contributed by atoms with van der Waals surface area (Å²) in [5, 5.41) is 7.87. The third-order valence-electron chi connectivity index (χ3n) is 1.08. The van der Waals surface area contributed by atoms with Gasteiger partial charge in [0.15, 0.2) is 5.82 Å². The quantitative estimate of drug-likeness (QED) is 0.651. The predicted molar refractivity (Wildman–Crippen MR) is 39.3 cm³/mol. The molecule has 0 aliphatic carbocycles. The molecule has 56 valence electrons. The number of aromatic nitrogens is 3. The molecule has 0 spiro atoms. The van der Waals surface area contributed by atoms with E-state index in [1.165, 1.54) is 0 Å². The minimum Gasteiger partial charge on any atom is -0.381 e. The highest BCUT2D eigenvalue weighted by atomic mass is 15.5. The highest BCUT2D eigenvalue weighted by Gasteiger charge is 1.97. The summed E-state index contributed by atoms with van der Waals surface area (Å²) >= 11 is 0. The average molecular weight is 140 g/mol. The fourth-order valence-electron chi connectivity index (χ4n) is 0.725. The van der Waals surface area contributed by atoms with E-state index in [2.05, 4.69) is 24.0 Å². The van der Waals surface area contributed by atoms with E-state index in [0.29, 0.717) is 11.7 Å². The standard InChI is InChI=1S/C6H12N4/c1-5(2)4-10-8-3-6(7)9-10/h3,5H,4H2,1-2H3,(H2,7,9). The lowest BCUT2D eigenvalue weighted by Gasteiger charge is -2.00. The molecule has 1 heterocycles. The van der Waals surface area contributed by atoms with Crippen molar-refractivity contribution in [1.82, 2.24) is 15.0 Å². The molecule has 0 aromatic carbocycles. The van der Waals surface area contributed by atoms with E-state index in [1.54, 1.807) is 11.0 Å². The zero-order valence-corrected chi connectivity index (χ0v) is 6.28. The van der Waals surface area contributed by atoms with Gasteiger partial charge < -0.3 is 5.73 Å². The lowest BCUT2D eigenvalue weighted by Crippen LogP contribution is -2.07. The Morgan fingerprint density at radius 2 is 2.40 bits per heavy atom. The van der Waals surface area contributed by atoms with Crippen LogP contribution in [0.15, 0.2) is 6.20 Å². The number of nitrogen functional groups attached to an aromatic ring is 1. The second kappa shape index (κ2) is 2.68. The Morgan fingerprint density at radius 1 is 1.70 bits per heavy atom. The summed E-state index contributed by atoms with van der Waals surface area (Å²) in [6.45, 7) is 5.05. The molecule has 0 amide bonds. The minimum atomic E-state index is 0.487. The summed E-state index contributed by atoms with van der Waals surface area (Å²) < 4.78 is 0. The Bertz CT molecular complexity index is 203. The summed E-state index contributed by atoms with van der Waals surface area (Å²) in [5.74, 6) is 1.05. The molecule has 1 aromatic rings. The maximum atomic E-state index is 5.36. The molecule has 1 rings (SSSR count). The van der Waals surface area contributed by atoms with Gasteiger partial charge in [0, 0.05) is 0 Å². The third kappa shape index (κ3) is 1.72. The molecule has 0 saturated heterocycles. The first-order valence-electron chi connectivity index (χ1n) is 3.34. The van der Waals surface area contributed by atoms with Gasteiger partial charge in [0.25, 0.3) is 0 Å². The van der Waals surface area contributed by atoms with Crippen molar-refractivity contribution < 1.29 is 0 Å². The van der Waals surface area contributed by atoms with Crippen LogP contribution in [0.4, 0.5) is 5.82 Å². The van der Waals surface area contributed by atoms with Gasteiger partial charge in [0.1, 0.15) is 0 Å². The van der Waals surface area contributed by atoms with Crippen LogP contribution in [0.5, 0.6) is 0 Å². The van der Waals surface area contributed by atoms with Gasteiger partial charge in [0.05, 0.1) is 12.7 Å². The van der Waals surface area contributed by atoms with Gasteiger partial charge in [-0.25, -0.2) is 0 Å². The van der Waals surface area contributed by atoms with E-state index in [9.17, 15) is 0 Å². The molecule has 0 saturated carbocycles. The Morgan fingerprint density at radius 3 is 2.80 bits per heavy atom. The minimum absolute atomic E-state index is 0.487. The number of anilines is 1. The molecule has 4 heteroatoms. The van der Waals surface area contributed by atoms with E-state index in [1.807, 2.05) is 0 Å². The van der Waals surface area contributed by atoms with Crippen LogP contribution in [-0.4, -0.2) is 15.0 Å². The van der Waals surface area contributed by atoms with E-state index in [-0.39, 0.29) is 0 Å². The number of hydrogen-bond acceptors (Lipinski definition) is 3. The zero-order valence-electron chi connectivity index (χ0n) is 6.28. The highest BCUT2D eigenvalue weighted by molar-refractivity contribution is 5.19. The second-order valence-corrected chi connectivity index (χ2v) is 2.72. The molecule has 0 aliphatic heterocycles. The van der Waals surface area contributed by atoms with Crippen molar-refractivity contribution in [3.63, 3.8) is 0 Å². The van der Waals surface area contributed by atoms with Crippen LogP contribution < -0.4 is 5.73 Å². The van der Waals surface area contributed by atoms with Crippen molar-refractivity contribution in [3.05, 3.63) is 6.20 Å². The maximum Gasteiger partial charge on any atom is 0.165 e. The van der Waals surface area contributed by atoms with Crippen LogP contribution in [0.2, 0.25) is 0 Å². The Hall–Kier alpha value is -1.06. The van der Waals surface area contributed by atoms with Gasteiger partial charge in [-0.05, 0) is 5.92 Å². The Kier molecular flexibility index (Phi) is 1.89. The molecule has 0 aliphatic rings. The molecule has 4 nitrogen and oxygen atoms in total. The van der Waals surface area contributed by atoms with E-state index >= 15 is 0 Å². The first-order chi connectivity index (χ1) is 4.68. The molecular formula is C6H12N4. The van der Waals surface area contributed by atoms with Crippen LogP contribution in [0.1, 0.15) is 13.8 Å². The molecule has 0 fully saturated rings. The van der Waals surface area contributed by atoms with Gasteiger partial charge in [-0.1, -0.05) is 13.8 Å². The van der Waals surface area contributed by atoms with E-state index in [4.69, 9.17) is 5.73 Å². The third-order valence-corrected chi connectivity index (χ3v) is 1.08. The van der Waals surface area contributed by atoms with Gasteiger partial charge in [-0.2, -0.15) is 9.90 Å². The van der Waals surface area contributed by atoms with Gasteiger partial charge in [0.2, 0.25) is 0 Å². The fourth-order valence-corrected chi connectivity index (χ4v) is 0.725. The monoisotopic (exact) mass is 140 g/mol. The van der Waals surface area contributed by atoms with E-state index in [0.717, 1.165) is 6.54 Å². The topological polar surface area (TPSA) is 56.7 Å². The van der Waals surface area contributed by atoms with Crippen molar-refractivity contribution >= 4 is 5.82 Å². The highest BCUT2D eigenvalue weighted by Crippen LogP contribution is 1.97. The van der Waals surface area contributed by atoms with Crippen molar-refractivity contribution in [1.29, 1.82) is 0 Å². The molecule has 0 unspecified atom stereocenters. The fraction of sp³-hybridized carbons (Fsp3) is 0.667. The molecule has 0 atom stereocenters. The van der Waals surface area contributed by atoms with Crippen LogP contribution in [0, 0.1) is 5.92 Å². The van der Waals surface area contributed by atoms with Crippen LogP contribution in [-0.2, 0) is 6.54 Å². The Balaban J connectivity index is 2.58. The molecule has 10 heavy (non-hydrogen) atoms. The largest absolute Gasteiger partial charge is 0.381 e. The zero-order chi connectivity index (χ0) is 7.56. The first-order valence-corrected chi connectivity index (χ1v) is 3.34. The summed E-state index contributed by atoms with van der Waals surface area (Å²) in [6.07, 6.45) is 1.56. The average Bonchev–Trinajstić information content (AvgIpc) is 2.13. The van der Waals surface area contributed by atoms with Crippen LogP contribution in [0.3, 0.4) is 0 Å². The number of rotatable bonds is 2. The maximum absolute atomic E-state index is 5.36. The summed E-state index contributed by atoms with van der Waals surface area (Å²) in [7, 11) is 0. The van der Waals surface area contributed by atoms with Crippen molar-refractivity contribution in [2.75, 3.05) is 5.73 Å². The lowest BCUT2D eigenvalue weighted by atomic mass is 10.2. The van der Waals surface area contributed by atoms with Gasteiger partial charge in [-0.15, -0.1) is 5.10 Å². The van der Waals surface area contributed by atoms with Crippen molar-refractivity contribution in [2.45, 2.75) is 20.4 Å². The van der Waals surface area contributed by atoms with Gasteiger partial charge >= 0.3 is 0 Å². The molecular weight excluding hydrogens is 128 g/mol. The lowest BCUT2D eigenvalue weighted by molar-refractivity contribution is 0.438. The van der Waals surface area contributed by atoms with Crippen LogP contribution >= 0.6 is 0 Å². The first kappa shape index (κ1) is 7.05. The molecule has 2 N–H and O–H groups in total. The van der Waals surface area contributed by atoms with E-state index < -0.39 is 0 Å². The second-order valence-electron chi connectivity index (χ2n) is 2.72. The number of nitrogens with zero attached hydrogens (tertiary/aromatic N) is 3. The number of hydrogen-bond donors (Lipinski definition) is 1. The smallest absolute Gasteiger partial charge is 0.165 e. The summed E-state index contributed by atoms with van der Waals surface area (Å²) in [6, 6.07) is 0. The molecule has 0 radical (unpaired) electrons. The molecule has 1 aromatic heterocycles. The van der Waals surface area contributed by atoms with Crippen molar-refractivity contribution in [2.24, 2.45) is 5.92 Å². The predicted octanol–water partition coefficient (Wildman–Crippen LogP) is 0.516. The Labute approximate surface area is 60.0 Å². The van der Waals surface area contributed by atoms with Crippen LogP contribution in [0.25, 0.3) is 0 Å². The molecule has 0 bridgehead atoms. The number of nitrogens with two attached hydrogens (primary N) is 1. The normalized spacial score (nSPS) is 10.7. The SMILES string of the molecule is CC(C)Cn1ncc(N)n1. The summed E-state index contributed by atoms with van der Waals surface area (Å²) in [5.41, 5.74) is 5.36.